The number of hydrogen-bond donors (Lipinski definition) is 1. The average molecular weight is 336 g/mol. The molecule has 0 aliphatic heterocycles. The third kappa shape index (κ3) is 4.48. The van der Waals surface area contributed by atoms with E-state index >= 15 is 0 Å². The highest BCUT2D eigenvalue weighted by molar-refractivity contribution is 6.30. The number of nitrogens with one attached hydrogen (secondary N) is 1. The van der Waals surface area contributed by atoms with Gasteiger partial charge in [0.1, 0.15) is 0 Å². The van der Waals surface area contributed by atoms with Crippen LogP contribution in [0.2, 0.25) is 5.02 Å². The van der Waals surface area contributed by atoms with Gasteiger partial charge in [-0.3, -0.25) is 0 Å². The van der Waals surface area contributed by atoms with Gasteiger partial charge in [-0.1, -0.05) is 35.8 Å². The second kappa shape index (κ2) is 7.51. The first-order valence-corrected chi connectivity index (χ1v) is 7.94. The van der Waals surface area contributed by atoms with Gasteiger partial charge in [0.25, 0.3) is 0 Å². The maximum Gasteiger partial charge on any atom is 0.317 e. The zero-order valence-corrected chi connectivity index (χ0v) is 14.6. The van der Waals surface area contributed by atoms with Gasteiger partial charge in [0.2, 0.25) is 0 Å². The highest BCUT2D eigenvalue weighted by Crippen LogP contribution is 2.23. The summed E-state index contributed by atoms with van der Waals surface area (Å²) < 4.78 is 5.09. The molecule has 2 rings (SSSR count). The highest BCUT2D eigenvalue weighted by Gasteiger charge is 2.22. The van der Waals surface area contributed by atoms with E-state index in [1.165, 1.54) is 0 Å². The van der Waals surface area contributed by atoms with Crippen LogP contribution in [0.5, 0.6) is 0 Å². The SMILES string of the molecule is Cc1cc(CNC(=O)N(C)[C@H](C)[C@H](C)c2ccc(Cl)cc2)on1. The Morgan fingerprint density at radius 1 is 1.35 bits per heavy atom. The van der Waals surface area contributed by atoms with Crippen molar-refractivity contribution < 1.29 is 9.32 Å². The molecule has 1 heterocycles. The van der Waals surface area contributed by atoms with Gasteiger partial charge >= 0.3 is 6.03 Å². The molecule has 124 valence electrons. The molecular weight excluding hydrogens is 314 g/mol. The van der Waals surface area contributed by atoms with E-state index in [9.17, 15) is 4.79 Å². The fourth-order valence-electron chi connectivity index (χ4n) is 2.35. The number of hydrogen-bond acceptors (Lipinski definition) is 3. The van der Waals surface area contributed by atoms with Crippen LogP contribution >= 0.6 is 11.6 Å². The second-order valence-electron chi connectivity index (χ2n) is 5.79. The largest absolute Gasteiger partial charge is 0.359 e. The minimum absolute atomic E-state index is 0.0348. The van der Waals surface area contributed by atoms with Crippen molar-refractivity contribution in [2.24, 2.45) is 0 Å². The molecule has 0 fully saturated rings. The molecule has 0 saturated heterocycles. The minimum atomic E-state index is -0.146. The first-order chi connectivity index (χ1) is 10.9. The molecule has 0 saturated carbocycles. The van der Waals surface area contributed by atoms with Crippen molar-refractivity contribution in [2.75, 3.05) is 7.05 Å². The van der Waals surface area contributed by atoms with Gasteiger partial charge in [-0.25, -0.2) is 4.79 Å². The van der Waals surface area contributed by atoms with Crippen LogP contribution in [0.4, 0.5) is 4.79 Å². The normalized spacial score (nSPS) is 13.4. The summed E-state index contributed by atoms with van der Waals surface area (Å²) >= 11 is 5.92. The number of carbonyl (C=O) groups is 1. The zero-order valence-electron chi connectivity index (χ0n) is 13.8. The van der Waals surface area contributed by atoms with Crippen LogP contribution in [0.3, 0.4) is 0 Å². The topological polar surface area (TPSA) is 58.4 Å². The maximum absolute atomic E-state index is 12.3. The summed E-state index contributed by atoms with van der Waals surface area (Å²) in [4.78, 5) is 14.0. The quantitative estimate of drug-likeness (QED) is 0.899. The fraction of sp³-hybridized carbons (Fsp3) is 0.412. The van der Waals surface area contributed by atoms with Crippen molar-refractivity contribution >= 4 is 17.6 Å². The Hall–Kier alpha value is -2.01. The molecule has 0 bridgehead atoms. The predicted molar refractivity (Wildman–Crippen MR) is 90.6 cm³/mol. The third-order valence-corrected chi connectivity index (χ3v) is 4.39. The Labute approximate surface area is 141 Å². The molecule has 0 unspecified atom stereocenters. The van der Waals surface area contributed by atoms with Crippen LogP contribution < -0.4 is 5.32 Å². The lowest BCUT2D eigenvalue weighted by molar-refractivity contribution is 0.185. The van der Waals surface area contributed by atoms with E-state index in [0.717, 1.165) is 11.3 Å². The van der Waals surface area contributed by atoms with Crippen molar-refractivity contribution in [2.45, 2.75) is 39.3 Å². The number of amides is 2. The minimum Gasteiger partial charge on any atom is -0.359 e. The first kappa shape index (κ1) is 17.3. The summed E-state index contributed by atoms with van der Waals surface area (Å²) in [6.45, 7) is 6.29. The molecule has 0 spiro atoms. The molecule has 2 atom stereocenters. The number of nitrogens with zero attached hydrogens (tertiary/aromatic N) is 2. The number of urea groups is 1. The summed E-state index contributed by atoms with van der Waals surface area (Å²) in [5.41, 5.74) is 1.94. The second-order valence-corrected chi connectivity index (χ2v) is 6.22. The Balaban J connectivity index is 1.93. The van der Waals surface area contributed by atoms with E-state index in [2.05, 4.69) is 17.4 Å². The molecule has 0 aliphatic carbocycles. The van der Waals surface area contributed by atoms with Crippen LogP contribution in [0, 0.1) is 6.92 Å². The van der Waals surface area contributed by atoms with Gasteiger partial charge < -0.3 is 14.7 Å². The van der Waals surface area contributed by atoms with Gasteiger partial charge in [-0.2, -0.15) is 0 Å². The van der Waals surface area contributed by atoms with Crippen molar-refractivity contribution in [1.82, 2.24) is 15.4 Å². The molecule has 2 aromatic rings. The smallest absolute Gasteiger partial charge is 0.317 e. The van der Waals surface area contributed by atoms with E-state index < -0.39 is 0 Å². The van der Waals surface area contributed by atoms with E-state index in [1.807, 2.05) is 38.1 Å². The standard InChI is InChI=1S/C17H22ClN3O2/c1-11-9-16(23-20-11)10-19-17(22)21(4)13(3)12(2)14-5-7-15(18)8-6-14/h5-9,12-13H,10H2,1-4H3,(H,19,22)/t12-,13+/m0/s1. The molecule has 0 aliphatic rings. The molecule has 2 amide bonds. The molecule has 1 N–H and O–H groups in total. The molecule has 1 aromatic heterocycles. The molecule has 23 heavy (non-hydrogen) atoms. The van der Waals surface area contributed by atoms with E-state index in [-0.39, 0.29) is 18.0 Å². The van der Waals surface area contributed by atoms with Gasteiger partial charge in [0, 0.05) is 30.1 Å². The van der Waals surface area contributed by atoms with E-state index in [4.69, 9.17) is 16.1 Å². The van der Waals surface area contributed by atoms with E-state index in [0.29, 0.717) is 17.3 Å². The van der Waals surface area contributed by atoms with Gasteiger partial charge in [-0.15, -0.1) is 0 Å². The third-order valence-electron chi connectivity index (χ3n) is 4.14. The summed E-state index contributed by atoms with van der Waals surface area (Å²) in [6, 6.07) is 9.41. The van der Waals surface area contributed by atoms with Gasteiger partial charge in [0.15, 0.2) is 5.76 Å². The zero-order chi connectivity index (χ0) is 17.0. The first-order valence-electron chi connectivity index (χ1n) is 7.56. The predicted octanol–water partition coefficient (Wildman–Crippen LogP) is 3.97. The van der Waals surface area contributed by atoms with Crippen LogP contribution in [0.1, 0.15) is 36.8 Å². The Morgan fingerprint density at radius 2 is 2.00 bits per heavy atom. The number of aromatic nitrogens is 1. The Bertz CT molecular complexity index is 654. The number of aryl methyl sites for hydroxylation is 1. The summed E-state index contributed by atoms with van der Waals surface area (Å²) in [5.74, 6) is 0.832. The molecule has 0 radical (unpaired) electrons. The monoisotopic (exact) mass is 335 g/mol. The lowest BCUT2D eigenvalue weighted by Crippen LogP contribution is -2.44. The van der Waals surface area contributed by atoms with E-state index in [1.54, 1.807) is 18.0 Å². The van der Waals surface area contributed by atoms with Crippen molar-refractivity contribution in [3.63, 3.8) is 0 Å². The average Bonchev–Trinajstić information content (AvgIpc) is 2.96. The van der Waals surface area contributed by atoms with Crippen molar-refractivity contribution in [3.8, 4) is 0 Å². The lowest BCUT2D eigenvalue weighted by Gasteiger charge is -2.30. The molecule has 5 nitrogen and oxygen atoms in total. The van der Waals surface area contributed by atoms with Gasteiger partial charge in [-0.05, 0) is 31.5 Å². The number of carbonyl (C=O) groups excluding carboxylic acids is 1. The molecule has 1 aromatic carbocycles. The summed E-state index contributed by atoms with van der Waals surface area (Å²) in [7, 11) is 1.79. The number of rotatable bonds is 5. The van der Waals surface area contributed by atoms with Crippen molar-refractivity contribution in [3.05, 3.63) is 52.4 Å². The van der Waals surface area contributed by atoms with Crippen LogP contribution in [0.25, 0.3) is 0 Å². The fourth-order valence-corrected chi connectivity index (χ4v) is 2.48. The number of halogens is 1. The van der Waals surface area contributed by atoms with Crippen LogP contribution in [-0.4, -0.2) is 29.2 Å². The van der Waals surface area contributed by atoms with Crippen molar-refractivity contribution in [1.29, 1.82) is 0 Å². The molecule has 6 heteroatoms. The molecular formula is C17H22ClN3O2. The number of likely N-dealkylation sites (N-methyl/N-ethyl adjacent to an activating group) is 1. The number of benzene rings is 1. The van der Waals surface area contributed by atoms with Gasteiger partial charge in [0.05, 0.1) is 12.2 Å². The Morgan fingerprint density at radius 3 is 2.57 bits per heavy atom. The van der Waals surface area contributed by atoms with Crippen LogP contribution in [0.15, 0.2) is 34.9 Å². The lowest BCUT2D eigenvalue weighted by atomic mass is 9.94. The summed E-state index contributed by atoms with van der Waals surface area (Å²) in [5, 5.41) is 7.35. The maximum atomic E-state index is 12.3. The summed E-state index contributed by atoms with van der Waals surface area (Å²) in [6.07, 6.45) is 0. The van der Waals surface area contributed by atoms with Crippen LogP contribution in [-0.2, 0) is 6.54 Å². The Kier molecular flexibility index (Phi) is 5.66. The highest BCUT2D eigenvalue weighted by atomic mass is 35.5.